The van der Waals surface area contributed by atoms with Crippen LogP contribution in [0.2, 0.25) is 5.02 Å². The molecular formula is C22H29ClFN3O2S. The van der Waals surface area contributed by atoms with Crippen LogP contribution in [0.15, 0.2) is 41.3 Å². The van der Waals surface area contributed by atoms with E-state index in [9.17, 15) is 12.8 Å². The van der Waals surface area contributed by atoms with Gasteiger partial charge in [-0.2, -0.15) is 4.31 Å². The smallest absolute Gasteiger partial charge is 0.244 e. The number of halogens is 2. The van der Waals surface area contributed by atoms with Gasteiger partial charge >= 0.3 is 0 Å². The molecule has 1 aliphatic rings. The minimum absolute atomic E-state index is 0.0850. The fourth-order valence-electron chi connectivity index (χ4n) is 3.77. The van der Waals surface area contributed by atoms with Gasteiger partial charge in [0.1, 0.15) is 10.7 Å². The average Bonchev–Trinajstić information content (AvgIpc) is 2.67. The summed E-state index contributed by atoms with van der Waals surface area (Å²) >= 11 is 6.39. The third-order valence-electron chi connectivity index (χ3n) is 5.63. The molecule has 0 radical (unpaired) electrons. The van der Waals surface area contributed by atoms with Gasteiger partial charge in [-0.15, -0.1) is 0 Å². The Balaban J connectivity index is 1.82. The van der Waals surface area contributed by atoms with Crippen LogP contribution in [0.4, 0.5) is 10.1 Å². The van der Waals surface area contributed by atoms with Gasteiger partial charge < -0.3 is 10.2 Å². The lowest BCUT2D eigenvalue weighted by Crippen LogP contribution is -2.45. The number of hydrogen-bond donors (Lipinski definition) is 1. The molecule has 3 rings (SSSR count). The van der Waals surface area contributed by atoms with E-state index in [0.717, 1.165) is 36.4 Å². The van der Waals surface area contributed by atoms with Gasteiger partial charge in [0.2, 0.25) is 10.0 Å². The zero-order chi connectivity index (χ0) is 22.1. The number of anilines is 1. The molecule has 2 aromatic carbocycles. The molecule has 0 bridgehead atoms. The molecule has 0 aliphatic carbocycles. The van der Waals surface area contributed by atoms with E-state index < -0.39 is 15.4 Å². The molecule has 1 aliphatic heterocycles. The fraction of sp³-hybridized carbons (Fsp3) is 0.455. The fourth-order valence-corrected chi connectivity index (χ4v) is 5.87. The van der Waals surface area contributed by atoms with Gasteiger partial charge in [0.15, 0.2) is 0 Å². The second-order valence-corrected chi connectivity index (χ2v) is 10.7. The number of hydrogen-bond acceptors (Lipinski definition) is 4. The Labute approximate surface area is 183 Å². The van der Waals surface area contributed by atoms with Crippen molar-refractivity contribution < 1.29 is 12.8 Å². The summed E-state index contributed by atoms with van der Waals surface area (Å²) in [5.41, 5.74) is 1.92. The molecule has 0 unspecified atom stereocenters. The lowest BCUT2D eigenvalue weighted by atomic mass is 9.79. The summed E-state index contributed by atoms with van der Waals surface area (Å²) in [4.78, 5) is 2.26. The van der Waals surface area contributed by atoms with Gasteiger partial charge in [-0.3, -0.25) is 0 Å². The Kier molecular flexibility index (Phi) is 6.77. The Morgan fingerprint density at radius 3 is 2.63 bits per heavy atom. The predicted molar refractivity (Wildman–Crippen MR) is 120 cm³/mol. The van der Waals surface area contributed by atoms with Crippen LogP contribution in [0.5, 0.6) is 0 Å². The van der Waals surface area contributed by atoms with Crippen LogP contribution < -0.4 is 5.32 Å². The van der Waals surface area contributed by atoms with Gasteiger partial charge in [-0.1, -0.05) is 38.4 Å². The molecule has 0 amide bonds. The number of nitrogens with one attached hydrogen (secondary N) is 1. The molecule has 164 valence electrons. The minimum Gasteiger partial charge on any atom is -0.384 e. The minimum atomic E-state index is -3.80. The highest BCUT2D eigenvalue weighted by atomic mass is 35.5. The summed E-state index contributed by atoms with van der Waals surface area (Å²) in [5, 5.41) is 3.46. The van der Waals surface area contributed by atoms with Crippen molar-refractivity contribution in [3.63, 3.8) is 0 Å². The molecule has 1 heterocycles. The molecule has 0 aromatic heterocycles. The maximum absolute atomic E-state index is 13.7. The molecule has 0 fully saturated rings. The lowest BCUT2D eigenvalue weighted by Gasteiger charge is -2.39. The van der Waals surface area contributed by atoms with Crippen LogP contribution in [0, 0.1) is 5.82 Å². The molecule has 1 N–H and O–H groups in total. The number of likely N-dealkylation sites (N-methyl/N-ethyl adjacent to an activating group) is 1. The summed E-state index contributed by atoms with van der Waals surface area (Å²) < 4.78 is 41.9. The van der Waals surface area contributed by atoms with Gasteiger partial charge in [-0.25, -0.2) is 12.8 Å². The Morgan fingerprint density at radius 1 is 1.23 bits per heavy atom. The number of fused-ring (bicyclic) bond motifs is 1. The van der Waals surface area contributed by atoms with E-state index >= 15 is 0 Å². The summed E-state index contributed by atoms with van der Waals surface area (Å²) in [6, 6.07) is 9.48. The molecule has 30 heavy (non-hydrogen) atoms. The van der Waals surface area contributed by atoms with E-state index in [4.69, 9.17) is 11.6 Å². The third kappa shape index (κ3) is 4.80. The van der Waals surface area contributed by atoms with Crippen molar-refractivity contribution in [1.82, 2.24) is 9.21 Å². The molecular weight excluding hydrogens is 425 g/mol. The van der Waals surface area contributed by atoms with Gasteiger partial charge in [0.05, 0.1) is 5.02 Å². The van der Waals surface area contributed by atoms with Crippen molar-refractivity contribution in [2.45, 2.75) is 37.6 Å². The molecule has 0 saturated heterocycles. The molecule has 2 aromatic rings. The first-order chi connectivity index (χ1) is 14.0. The molecule has 0 spiro atoms. The van der Waals surface area contributed by atoms with E-state index in [1.165, 1.54) is 16.4 Å². The van der Waals surface area contributed by atoms with Crippen molar-refractivity contribution in [2.24, 2.45) is 0 Å². The first kappa shape index (κ1) is 23.0. The second-order valence-electron chi connectivity index (χ2n) is 8.43. The lowest BCUT2D eigenvalue weighted by molar-refractivity contribution is 0.299. The largest absolute Gasteiger partial charge is 0.384 e. The highest BCUT2D eigenvalue weighted by Crippen LogP contribution is 2.37. The van der Waals surface area contributed by atoms with Gasteiger partial charge in [-0.05, 0) is 55.1 Å². The normalized spacial score (nSPS) is 16.5. The van der Waals surface area contributed by atoms with Crippen LogP contribution in [-0.2, 0) is 22.0 Å². The van der Waals surface area contributed by atoms with Gasteiger partial charge in [0.25, 0.3) is 0 Å². The maximum Gasteiger partial charge on any atom is 0.244 e. The Hall–Kier alpha value is -1.67. The zero-order valence-electron chi connectivity index (χ0n) is 17.9. The second kappa shape index (κ2) is 8.83. The SMILES string of the molecule is CCN(C)CCNc1ccc(S(=O)(=O)N2Cc3ccc(F)cc3C(C)(C)C2)c(Cl)c1. The van der Waals surface area contributed by atoms with Crippen LogP contribution in [0.1, 0.15) is 31.9 Å². The van der Waals surface area contributed by atoms with Crippen LogP contribution in [0.3, 0.4) is 0 Å². The standard InChI is InChI=1S/C22H29ClFN3O2S/c1-5-26(4)11-10-25-18-8-9-21(20(23)13-18)30(28,29)27-14-16-6-7-17(24)12-19(16)22(2,3)15-27/h6-9,12-13,25H,5,10-11,14-15H2,1-4H3. The first-order valence-electron chi connectivity index (χ1n) is 10.1. The van der Waals surface area contributed by atoms with E-state index in [1.807, 2.05) is 20.9 Å². The maximum atomic E-state index is 13.7. The summed E-state index contributed by atoms with van der Waals surface area (Å²) in [6.45, 7) is 8.96. The predicted octanol–water partition coefficient (Wildman–Crippen LogP) is 4.32. The van der Waals surface area contributed by atoms with Crippen LogP contribution in [-0.4, -0.2) is 50.8 Å². The Bertz CT molecular complexity index is 1030. The summed E-state index contributed by atoms with van der Waals surface area (Å²) in [7, 11) is -1.76. The van der Waals surface area contributed by atoms with Gasteiger partial charge in [0, 0.05) is 37.3 Å². The topological polar surface area (TPSA) is 52.7 Å². The average molecular weight is 454 g/mol. The molecule has 8 heteroatoms. The highest BCUT2D eigenvalue weighted by Gasteiger charge is 2.38. The van der Waals surface area contributed by atoms with E-state index in [1.54, 1.807) is 24.3 Å². The summed E-state index contributed by atoms with van der Waals surface area (Å²) in [5.74, 6) is -0.311. The Morgan fingerprint density at radius 2 is 1.97 bits per heavy atom. The van der Waals surface area contributed by atoms with Crippen molar-refractivity contribution in [3.8, 4) is 0 Å². The van der Waals surface area contributed by atoms with Crippen molar-refractivity contribution in [2.75, 3.05) is 38.5 Å². The number of rotatable bonds is 7. The quantitative estimate of drug-likeness (QED) is 0.678. The monoisotopic (exact) mass is 453 g/mol. The van der Waals surface area contributed by atoms with Crippen LogP contribution >= 0.6 is 11.6 Å². The molecule has 0 saturated carbocycles. The third-order valence-corrected chi connectivity index (χ3v) is 7.91. The number of nitrogens with zero attached hydrogens (tertiary/aromatic N) is 2. The van der Waals surface area contributed by atoms with Crippen molar-refractivity contribution >= 4 is 27.3 Å². The zero-order valence-corrected chi connectivity index (χ0v) is 19.4. The molecule has 0 atom stereocenters. The summed E-state index contributed by atoms with van der Waals surface area (Å²) in [6.07, 6.45) is 0. The van der Waals surface area contributed by atoms with E-state index in [0.29, 0.717) is 0 Å². The van der Waals surface area contributed by atoms with Crippen molar-refractivity contribution in [3.05, 3.63) is 58.4 Å². The molecule has 5 nitrogen and oxygen atoms in total. The highest BCUT2D eigenvalue weighted by molar-refractivity contribution is 7.89. The number of sulfonamides is 1. The van der Waals surface area contributed by atoms with E-state index in [-0.39, 0.29) is 28.8 Å². The first-order valence-corrected chi connectivity index (χ1v) is 11.9. The van der Waals surface area contributed by atoms with E-state index in [2.05, 4.69) is 17.1 Å². The van der Waals surface area contributed by atoms with Crippen LogP contribution in [0.25, 0.3) is 0 Å². The number of benzene rings is 2. The van der Waals surface area contributed by atoms with Crippen molar-refractivity contribution in [1.29, 1.82) is 0 Å².